The minimum atomic E-state index is -0.794. The van der Waals surface area contributed by atoms with Gasteiger partial charge in [0.15, 0.2) is 0 Å². The number of benzene rings is 2. The fourth-order valence-corrected chi connectivity index (χ4v) is 2.42. The van der Waals surface area contributed by atoms with Crippen molar-refractivity contribution in [3.05, 3.63) is 65.7 Å². The molecule has 0 fully saturated rings. The zero-order chi connectivity index (χ0) is 15.8. The van der Waals surface area contributed by atoms with E-state index in [4.69, 9.17) is 4.74 Å². The number of carboxylic acid groups (broad SMARTS) is 1. The van der Waals surface area contributed by atoms with E-state index in [9.17, 15) is 9.90 Å². The van der Waals surface area contributed by atoms with Gasteiger partial charge in [-0.1, -0.05) is 55.8 Å². The maximum atomic E-state index is 11.2. The van der Waals surface area contributed by atoms with Gasteiger partial charge in [0.25, 0.3) is 0 Å². The van der Waals surface area contributed by atoms with E-state index in [1.165, 1.54) is 0 Å². The molecule has 0 saturated carbocycles. The molecule has 1 atom stereocenters. The molecule has 3 nitrogen and oxygen atoms in total. The van der Waals surface area contributed by atoms with E-state index >= 15 is 0 Å². The molecule has 2 aromatic rings. The van der Waals surface area contributed by atoms with Crippen molar-refractivity contribution < 1.29 is 14.6 Å². The molecule has 0 spiro atoms. The quantitative estimate of drug-likeness (QED) is 0.731. The first-order chi connectivity index (χ1) is 10.7. The Bertz CT molecular complexity index is 575. The van der Waals surface area contributed by atoms with Crippen molar-refractivity contribution in [2.24, 2.45) is 0 Å². The lowest BCUT2D eigenvalue weighted by Crippen LogP contribution is -2.08. The number of carboxylic acids is 1. The van der Waals surface area contributed by atoms with Gasteiger partial charge in [-0.05, 0) is 29.7 Å². The van der Waals surface area contributed by atoms with Crippen LogP contribution < -0.4 is 4.74 Å². The fourth-order valence-electron chi connectivity index (χ4n) is 2.42. The summed E-state index contributed by atoms with van der Waals surface area (Å²) in [5.74, 6) is -0.0974. The molecule has 2 rings (SSSR count). The minimum Gasteiger partial charge on any atom is -0.494 e. The van der Waals surface area contributed by atoms with E-state index < -0.39 is 5.97 Å². The van der Waals surface area contributed by atoms with Crippen LogP contribution in [0, 0.1) is 0 Å². The summed E-state index contributed by atoms with van der Waals surface area (Å²) < 4.78 is 5.65. The molecule has 0 aromatic heterocycles. The Hall–Kier alpha value is -2.29. The molecule has 22 heavy (non-hydrogen) atoms. The van der Waals surface area contributed by atoms with Gasteiger partial charge in [-0.25, -0.2) is 0 Å². The molecule has 1 N–H and O–H groups in total. The van der Waals surface area contributed by atoms with Gasteiger partial charge >= 0.3 is 5.97 Å². The number of hydrogen-bond donors (Lipinski definition) is 1. The van der Waals surface area contributed by atoms with Crippen LogP contribution in [-0.2, 0) is 4.79 Å². The van der Waals surface area contributed by atoms with Gasteiger partial charge in [0.05, 0.1) is 13.0 Å². The van der Waals surface area contributed by atoms with Crippen LogP contribution in [0.1, 0.15) is 43.2 Å². The highest BCUT2D eigenvalue weighted by molar-refractivity contribution is 5.69. The van der Waals surface area contributed by atoms with Gasteiger partial charge in [0, 0.05) is 5.92 Å². The number of hydrogen-bond acceptors (Lipinski definition) is 2. The van der Waals surface area contributed by atoms with Crippen molar-refractivity contribution in [3.8, 4) is 5.75 Å². The van der Waals surface area contributed by atoms with Gasteiger partial charge in [0.2, 0.25) is 0 Å². The monoisotopic (exact) mass is 298 g/mol. The van der Waals surface area contributed by atoms with Crippen molar-refractivity contribution >= 4 is 5.97 Å². The lowest BCUT2D eigenvalue weighted by atomic mass is 9.88. The molecule has 3 heteroatoms. The summed E-state index contributed by atoms with van der Waals surface area (Å²) in [4.78, 5) is 11.2. The second-order valence-corrected chi connectivity index (χ2v) is 5.33. The molecule has 0 aliphatic rings. The number of ether oxygens (including phenoxy) is 1. The van der Waals surface area contributed by atoms with E-state index in [1.807, 2.05) is 54.6 Å². The molecule has 1 unspecified atom stereocenters. The summed E-state index contributed by atoms with van der Waals surface area (Å²) in [6.45, 7) is 2.84. The Morgan fingerprint density at radius 1 is 1.05 bits per heavy atom. The molecule has 0 aliphatic heterocycles. The molecular weight excluding hydrogens is 276 g/mol. The summed E-state index contributed by atoms with van der Waals surface area (Å²) >= 11 is 0. The Morgan fingerprint density at radius 3 is 2.27 bits per heavy atom. The second-order valence-electron chi connectivity index (χ2n) is 5.33. The molecule has 0 amide bonds. The summed E-state index contributed by atoms with van der Waals surface area (Å²) in [6.07, 6.45) is 2.22. The van der Waals surface area contributed by atoms with E-state index in [1.54, 1.807) is 0 Å². The molecule has 0 heterocycles. The smallest absolute Gasteiger partial charge is 0.304 e. The lowest BCUT2D eigenvalue weighted by Gasteiger charge is -2.16. The van der Waals surface area contributed by atoms with Gasteiger partial charge in [-0.2, -0.15) is 0 Å². The third kappa shape index (κ3) is 4.62. The van der Waals surface area contributed by atoms with Crippen LogP contribution in [0.2, 0.25) is 0 Å². The van der Waals surface area contributed by atoms with Gasteiger partial charge in [0.1, 0.15) is 5.75 Å². The maximum absolute atomic E-state index is 11.2. The molecule has 2 aromatic carbocycles. The number of unbranched alkanes of at least 4 members (excludes halogenated alkanes) is 1. The Labute approximate surface area is 131 Å². The van der Waals surface area contributed by atoms with Crippen LogP contribution in [0.5, 0.6) is 5.75 Å². The average Bonchev–Trinajstić information content (AvgIpc) is 2.54. The normalized spacial score (nSPS) is 11.9. The van der Waals surface area contributed by atoms with Crippen LogP contribution in [-0.4, -0.2) is 17.7 Å². The fraction of sp³-hybridized carbons (Fsp3) is 0.316. The van der Waals surface area contributed by atoms with E-state index in [0.29, 0.717) is 6.61 Å². The van der Waals surface area contributed by atoms with Crippen molar-refractivity contribution in [2.75, 3.05) is 6.61 Å². The van der Waals surface area contributed by atoms with Crippen LogP contribution in [0.25, 0.3) is 0 Å². The van der Waals surface area contributed by atoms with Crippen molar-refractivity contribution in [1.29, 1.82) is 0 Å². The topological polar surface area (TPSA) is 46.5 Å². The Kier molecular flexibility index (Phi) is 6.01. The number of aliphatic carboxylic acids is 1. The standard InChI is InChI=1S/C19H22O3/c1-2-3-13-22-17-11-9-16(10-12-17)18(14-19(20)21)15-7-5-4-6-8-15/h4-12,18H,2-3,13-14H2,1H3,(H,20,21). The highest BCUT2D eigenvalue weighted by Gasteiger charge is 2.17. The van der Waals surface area contributed by atoms with E-state index in [2.05, 4.69) is 6.92 Å². The highest BCUT2D eigenvalue weighted by atomic mass is 16.5. The van der Waals surface area contributed by atoms with Crippen LogP contribution in [0.4, 0.5) is 0 Å². The molecule has 0 bridgehead atoms. The zero-order valence-electron chi connectivity index (χ0n) is 12.9. The Balaban J connectivity index is 2.15. The molecule has 0 saturated heterocycles. The third-order valence-electron chi connectivity index (χ3n) is 3.63. The van der Waals surface area contributed by atoms with Crippen LogP contribution in [0.3, 0.4) is 0 Å². The van der Waals surface area contributed by atoms with E-state index in [0.717, 1.165) is 29.7 Å². The minimum absolute atomic E-state index is 0.0834. The summed E-state index contributed by atoms with van der Waals surface area (Å²) in [5.41, 5.74) is 2.01. The summed E-state index contributed by atoms with van der Waals surface area (Å²) in [6, 6.07) is 17.5. The van der Waals surface area contributed by atoms with Crippen molar-refractivity contribution in [1.82, 2.24) is 0 Å². The van der Waals surface area contributed by atoms with E-state index in [-0.39, 0.29) is 12.3 Å². The summed E-state index contributed by atoms with van der Waals surface area (Å²) in [5, 5.41) is 9.18. The predicted octanol–water partition coefficient (Wildman–Crippen LogP) is 4.47. The van der Waals surface area contributed by atoms with Crippen molar-refractivity contribution in [2.45, 2.75) is 32.1 Å². The zero-order valence-corrected chi connectivity index (χ0v) is 12.9. The Morgan fingerprint density at radius 2 is 1.68 bits per heavy atom. The molecule has 116 valence electrons. The van der Waals surface area contributed by atoms with Gasteiger partial charge < -0.3 is 9.84 Å². The van der Waals surface area contributed by atoms with Crippen molar-refractivity contribution in [3.63, 3.8) is 0 Å². The molecule has 0 aliphatic carbocycles. The number of rotatable bonds is 8. The first-order valence-electron chi connectivity index (χ1n) is 7.70. The lowest BCUT2D eigenvalue weighted by molar-refractivity contribution is -0.137. The predicted molar refractivity (Wildman–Crippen MR) is 87.4 cm³/mol. The first kappa shape index (κ1) is 16.1. The molecule has 0 radical (unpaired) electrons. The third-order valence-corrected chi connectivity index (χ3v) is 3.63. The average molecular weight is 298 g/mol. The number of carbonyl (C=O) groups is 1. The maximum Gasteiger partial charge on any atom is 0.304 e. The van der Waals surface area contributed by atoms with Crippen LogP contribution >= 0.6 is 0 Å². The van der Waals surface area contributed by atoms with Crippen LogP contribution in [0.15, 0.2) is 54.6 Å². The first-order valence-corrected chi connectivity index (χ1v) is 7.70. The summed E-state index contributed by atoms with van der Waals surface area (Å²) in [7, 11) is 0. The second kappa shape index (κ2) is 8.23. The molecular formula is C19H22O3. The SMILES string of the molecule is CCCCOc1ccc(C(CC(=O)O)c2ccccc2)cc1. The largest absolute Gasteiger partial charge is 0.494 e. The highest BCUT2D eigenvalue weighted by Crippen LogP contribution is 2.29. The van der Waals surface area contributed by atoms with Gasteiger partial charge in [-0.15, -0.1) is 0 Å². The van der Waals surface area contributed by atoms with Gasteiger partial charge in [-0.3, -0.25) is 4.79 Å².